The lowest BCUT2D eigenvalue weighted by molar-refractivity contribution is 0.339. The molecule has 0 saturated heterocycles. The van der Waals surface area contributed by atoms with Gasteiger partial charge in [-0.2, -0.15) is 0 Å². The quantitative estimate of drug-likeness (QED) is 0.227. The van der Waals surface area contributed by atoms with E-state index in [0.29, 0.717) is 43.0 Å². The Morgan fingerprint density at radius 3 is 2.39 bits per heavy atom. The maximum absolute atomic E-state index is 10.0. The van der Waals surface area contributed by atoms with Crippen LogP contribution in [0.4, 0.5) is 0 Å². The Hall–Kier alpha value is -2.95. The minimum Gasteiger partial charge on any atom is -0.502 e. The molecule has 3 rings (SSSR count). The first-order chi connectivity index (χ1) is 14.6. The highest BCUT2D eigenvalue weighted by molar-refractivity contribution is 14.0. The number of phenols is 1. The molecule has 2 aromatic carbocycles. The van der Waals surface area contributed by atoms with Crippen LogP contribution in [0.1, 0.15) is 18.2 Å². The van der Waals surface area contributed by atoms with Gasteiger partial charge in [-0.1, -0.05) is 18.2 Å². The Labute approximate surface area is 198 Å². The molecule has 9 heteroatoms. The molecule has 3 N–H and O–H groups in total. The van der Waals surface area contributed by atoms with Crippen molar-refractivity contribution in [3.05, 3.63) is 60.0 Å². The summed E-state index contributed by atoms with van der Waals surface area (Å²) in [7, 11) is 2.99. The number of aliphatic imine (C=N–C) groups is 1. The lowest BCUT2D eigenvalue weighted by Gasteiger charge is -2.12. The normalized spacial score (nSPS) is 10.9. The maximum atomic E-state index is 10.0. The Morgan fingerprint density at radius 2 is 1.77 bits per heavy atom. The number of benzene rings is 2. The van der Waals surface area contributed by atoms with E-state index in [-0.39, 0.29) is 29.7 Å². The number of nitrogens with zero attached hydrogens (tertiary/aromatic N) is 2. The molecule has 0 amide bonds. The number of aromatic hydroxyl groups is 1. The van der Waals surface area contributed by atoms with E-state index < -0.39 is 0 Å². The Bertz CT molecular complexity index is 967. The average molecular weight is 538 g/mol. The summed E-state index contributed by atoms with van der Waals surface area (Å²) in [4.78, 5) is 9.10. The first kappa shape index (κ1) is 24.3. The summed E-state index contributed by atoms with van der Waals surface area (Å²) < 4.78 is 16.0. The minimum atomic E-state index is -0.0296. The highest BCUT2D eigenvalue weighted by Crippen LogP contribution is 2.37. The molecule has 0 saturated carbocycles. The molecule has 1 aromatic heterocycles. The van der Waals surface area contributed by atoms with E-state index in [1.807, 2.05) is 37.3 Å². The van der Waals surface area contributed by atoms with E-state index in [9.17, 15) is 5.11 Å². The summed E-state index contributed by atoms with van der Waals surface area (Å²) >= 11 is 0. The van der Waals surface area contributed by atoms with Crippen molar-refractivity contribution in [2.75, 3.05) is 20.8 Å². The number of phenolic OH excluding ortho intramolecular Hbond substituents is 1. The fourth-order valence-corrected chi connectivity index (χ4v) is 2.83. The molecule has 0 spiro atoms. The zero-order valence-electron chi connectivity index (χ0n) is 17.7. The van der Waals surface area contributed by atoms with Crippen molar-refractivity contribution < 1.29 is 19.0 Å². The highest BCUT2D eigenvalue weighted by Gasteiger charge is 2.11. The van der Waals surface area contributed by atoms with Gasteiger partial charge in [0.05, 0.1) is 33.0 Å². The van der Waals surface area contributed by atoms with Crippen LogP contribution >= 0.6 is 24.0 Å². The van der Waals surface area contributed by atoms with Gasteiger partial charge in [-0.25, -0.2) is 9.98 Å². The van der Waals surface area contributed by atoms with Crippen LogP contribution in [0.5, 0.6) is 17.2 Å². The van der Waals surface area contributed by atoms with Gasteiger partial charge in [-0.05, 0) is 36.8 Å². The summed E-state index contributed by atoms with van der Waals surface area (Å²) in [5.74, 6) is 1.87. The van der Waals surface area contributed by atoms with Crippen LogP contribution in [0.2, 0.25) is 0 Å². The SMILES string of the molecule is CCNC(=NCc1cc(OC)c(O)c(OC)c1)NCc1coc(-c2ccccc2)n1.I. The molecule has 166 valence electrons. The number of guanidine groups is 1. The number of oxazole rings is 1. The van der Waals surface area contributed by atoms with Gasteiger partial charge in [0.2, 0.25) is 11.6 Å². The minimum absolute atomic E-state index is 0. The smallest absolute Gasteiger partial charge is 0.226 e. The molecule has 0 bridgehead atoms. The molecule has 3 aromatic rings. The molecule has 1 heterocycles. The number of ether oxygens (including phenoxy) is 2. The first-order valence-corrected chi connectivity index (χ1v) is 9.60. The van der Waals surface area contributed by atoms with Crippen LogP contribution in [0, 0.1) is 0 Å². The van der Waals surface area contributed by atoms with Crippen molar-refractivity contribution in [2.45, 2.75) is 20.0 Å². The van der Waals surface area contributed by atoms with Gasteiger partial charge in [0.15, 0.2) is 17.5 Å². The summed E-state index contributed by atoms with van der Waals surface area (Å²) in [5.41, 5.74) is 2.54. The van der Waals surface area contributed by atoms with Crippen molar-refractivity contribution in [1.82, 2.24) is 15.6 Å². The van der Waals surface area contributed by atoms with E-state index in [1.54, 1.807) is 18.4 Å². The van der Waals surface area contributed by atoms with Gasteiger partial charge >= 0.3 is 0 Å². The van der Waals surface area contributed by atoms with Crippen molar-refractivity contribution >= 4 is 29.9 Å². The zero-order valence-corrected chi connectivity index (χ0v) is 20.0. The van der Waals surface area contributed by atoms with Crippen LogP contribution in [0.3, 0.4) is 0 Å². The largest absolute Gasteiger partial charge is 0.502 e. The predicted octanol–water partition coefficient (Wildman–Crippen LogP) is 3.94. The van der Waals surface area contributed by atoms with E-state index in [1.165, 1.54) is 14.2 Å². The number of hydrogen-bond donors (Lipinski definition) is 3. The number of rotatable bonds is 8. The monoisotopic (exact) mass is 538 g/mol. The molecule has 0 unspecified atom stereocenters. The second-order valence-electron chi connectivity index (χ2n) is 6.41. The molecule has 0 aliphatic heterocycles. The zero-order chi connectivity index (χ0) is 21.3. The van der Waals surface area contributed by atoms with E-state index in [0.717, 1.165) is 16.8 Å². The van der Waals surface area contributed by atoms with Gasteiger partial charge < -0.3 is 29.6 Å². The molecule has 0 aliphatic rings. The second-order valence-corrected chi connectivity index (χ2v) is 6.41. The van der Waals surface area contributed by atoms with Crippen LogP contribution in [0.25, 0.3) is 11.5 Å². The first-order valence-electron chi connectivity index (χ1n) is 9.60. The van der Waals surface area contributed by atoms with Crippen LogP contribution in [0.15, 0.2) is 58.1 Å². The Balaban J connectivity index is 0.00000341. The van der Waals surface area contributed by atoms with Crippen molar-refractivity contribution in [3.8, 4) is 28.7 Å². The van der Waals surface area contributed by atoms with Crippen LogP contribution < -0.4 is 20.1 Å². The summed E-state index contributed by atoms with van der Waals surface area (Å²) in [6, 6.07) is 13.2. The van der Waals surface area contributed by atoms with Crippen LogP contribution in [-0.4, -0.2) is 36.8 Å². The van der Waals surface area contributed by atoms with Crippen molar-refractivity contribution in [2.24, 2.45) is 4.99 Å². The molecule has 31 heavy (non-hydrogen) atoms. The molecule has 0 aliphatic carbocycles. The van der Waals surface area contributed by atoms with E-state index >= 15 is 0 Å². The van der Waals surface area contributed by atoms with Gasteiger partial charge in [-0.3, -0.25) is 0 Å². The number of methoxy groups -OCH3 is 2. The Kier molecular flexibility index (Phi) is 9.44. The maximum Gasteiger partial charge on any atom is 0.226 e. The average Bonchev–Trinajstić information content (AvgIpc) is 3.26. The third-order valence-corrected chi connectivity index (χ3v) is 4.31. The number of nitrogens with one attached hydrogen (secondary N) is 2. The highest BCUT2D eigenvalue weighted by atomic mass is 127. The summed E-state index contributed by atoms with van der Waals surface area (Å²) in [6.45, 7) is 3.54. The van der Waals surface area contributed by atoms with Gasteiger partial charge in [-0.15, -0.1) is 24.0 Å². The van der Waals surface area contributed by atoms with Gasteiger partial charge in [0.1, 0.15) is 6.26 Å². The van der Waals surface area contributed by atoms with E-state index in [2.05, 4.69) is 20.6 Å². The Morgan fingerprint density at radius 1 is 1.10 bits per heavy atom. The fourth-order valence-electron chi connectivity index (χ4n) is 2.83. The number of hydrogen-bond acceptors (Lipinski definition) is 6. The van der Waals surface area contributed by atoms with Crippen LogP contribution in [-0.2, 0) is 13.1 Å². The number of halogens is 1. The third-order valence-electron chi connectivity index (χ3n) is 4.31. The lowest BCUT2D eigenvalue weighted by Crippen LogP contribution is -2.36. The van der Waals surface area contributed by atoms with Crippen molar-refractivity contribution in [3.63, 3.8) is 0 Å². The predicted molar refractivity (Wildman–Crippen MR) is 130 cm³/mol. The number of aromatic nitrogens is 1. The molecular formula is C22H27IN4O4. The molecule has 0 radical (unpaired) electrons. The van der Waals surface area contributed by atoms with E-state index in [4.69, 9.17) is 13.9 Å². The van der Waals surface area contributed by atoms with Gasteiger partial charge in [0.25, 0.3) is 0 Å². The summed E-state index contributed by atoms with van der Waals surface area (Å²) in [5, 5.41) is 16.5. The standard InChI is InChI=1S/C22H26N4O4.HI/c1-4-23-22(24-12-15-10-18(28-2)20(27)19(11-15)29-3)25-13-17-14-30-21(26-17)16-8-6-5-7-9-16;/h5-11,14,27H,4,12-13H2,1-3H3,(H2,23,24,25);1H. The van der Waals surface area contributed by atoms with Gasteiger partial charge in [0, 0.05) is 12.1 Å². The molecular weight excluding hydrogens is 511 g/mol. The van der Waals surface area contributed by atoms with Crippen molar-refractivity contribution in [1.29, 1.82) is 0 Å². The fraction of sp³-hybridized carbons (Fsp3) is 0.273. The third kappa shape index (κ3) is 6.51. The lowest BCUT2D eigenvalue weighted by atomic mass is 10.2. The molecule has 8 nitrogen and oxygen atoms in total. The summed E-state index contributed by atoms with van der Waals surface area (Å²) in [6.07, 6.45) is 1.63. The second kappa shape index (κ2) is 12.0. The molecule has 0 fully saturated rings. The molecule has 0 atom stereocenters. The topological polar surface area (TPSA) is 101 Å².